The Morgan fingerprint density at radius 2 is 1.75 bits per heavy atom. The molecule has 0 aromatic heterocycles. The van der Waals surface area contributed by atoms with Crippen molar-refractivity contribution in [2.45, 2.75) is 38.5 Å². The second kappa shape index (κ2) is 9.28. The maximum Gasteiger partial charge on any atom is 0.313 e. The largest absolute Gasteiger partial charge is 0.497 e. The molecule has 0 saturated heterocycles. The van der Waals surface area contributed by atoms with Crippen molar-refractivity contribution in [1.82, 2.24) is 0 Å². The lowest BCUT2D eigenvalue weighted by Crippen LogP contribution is -2.14. The SMILES string of the molecule is COc1ccc2cc([C@H](C)C(=O)OCCCCCCO)ccc2c1. The van der Waals surface area contributed by atoms with Crippen molar-refractivity contribution in [3.05, 3.63) is 42.0 Å². The molecule has 0 aliphatic carbocycles. The van der Waals surface area contributed by atoms with Crippen LogP contribution in [0.2, 0.25) is 0 Å². The number of fused-ring (bicyclic) bond motifs is 1. The Hall–Kier alpha value is -2.07. The van der Waals surface area contributed by atoms with Gasteiger partial charge in [0.05, 0.1) is 19.6 Å². The average molecular weight is 330 g/mol. The highest BCUT2D eigenvalue weighted by molar-refractivity contribution is 5.86. The Morgan fingerprint density at radius 1 is 1.04 bits per heavy atom. The molecule has 0 aliphatic heterocycles. The van der Waals surface area contributed by atoms with E-state index in [1.165, 1.54) is 0 Å². The van der Waals surface area contributed by atoms with E-state index in [1.807, 2.05) is 43.3 Å². The summed E-state index contributed by atoms with van der Waals surface area (Å²) < 4.78 is 10.6. The zero-order valence-corrected chi connectivity index (χ0v) is 14.5. The molecule has 1 N–H and O–H groups in total. The zero-order chi connectivity index (χ0) is 17.4. The molecule has 2 aromatic rings. The van der Waals surface area contributed by atoms with Gasteiger partial charge in [0.25, 0.3) is 0 Å². The molecule has 4 nitrogen and oxygen atoms in total. The van der Waals surface area contributed by atoms with Crippen LogP contribution in [0.1, 0.15) is 44.1 Å². The van der Waals surface area contributed by atoms with Gasteiger partial charge in [0.1, 0.15) is 5.75 Å². The van der Waals surface area contributed by atoms with Crippen LogP contribution in [-0.4, -0.2) is 31.4 Å². The fourth-order valence-electron chi connectivity index (χ4n) is 2.64. The molecule has 4 heteroatoms. The van der Waals surface area contributed by atoms with Crippen molar-refractivity contribution in [3.63, 3.8) is 0 Å². The van der Waals surface area contributed by atoms with Crippen LogP contribution >= 0.6 is 0 Å². The average Bonchev–Trinajstić information content (AvgIpc) is 2.62. The van der Waals surface area contributed by atoms with E-state index in [0.717, 1.165) is 47.8 Å². The molecule has 0 amide bonds. The van der Waals surface area contributed by atoms with Gasteiger partial charge in [-0.2, -0.15) is 0 Å². The number of carbonyl (C=O) groups is 1. The first-order valence-electron chi connectivity index (χ1n) is 8.51. The van der Waals surface area contributed by atoms with Gasteiger partial charge in [-0.3, -0.25) is 4.79 Å². The van der Waals surface area contributed by atoms with Crippen molar-refractivity contribution >= 4 is 16.7 Å². The Labute approximate surface area is 143 Å². The lowest BCUT2D eigenvalue weighted by molar-refractivity contribution is -0.145. The van der Waals surface area contributed by atoms with Gasteiger partial charge in [0.2, 0.25) is 0 Å². The second-order valence-corrected chi connectivity index (χ2v) is 6.00. The summed E-state index contributed by atoms with van der Waals surface area (Å²) in [5.74, 6) is 0.350. The third-order valence-electron chi connectivity index (χ3n) is 4.22. The monoisotopic (exact) mass is 330 g/mol. The maximum absolute atomic E-state index is 12.2. The molecular formula is C20H26O4. The normalized spacial score (nSPS) is 12.1. The van der Waals surface area contributed by atoms with E-state index in [-0.39, 0.29) is 18.5 Å². The minimum Gasteiger partial charge on any atom is -0.497 e. The Balaban J connectivity index is 1.92. The van der Waals surface area contributed by atoms with E-state index < -0.39 is 0 Å². The number of hydrogen-bond acceptors (Lipinski definition) is 4. The van der Waals surface area contributed by atoms with Gasteiger partial charge in [-0.25, -0.2) is 0 Å². The number of methoxy groups -OCH3 is 1. The predicted octanol–water partition coefficient (Wildman–Crippen LogP) is 4.05. The summed E-state index contributed by atoms with van der Waals surface area (Å²) in [4.78, 5) is 12.2. The highest BCUT2D eigenvalue weighted by Crippen LogP contribution is 2.25. The Bertz CT molecular complexity index is 666. The number of hydrogen-bond donors (Lipinski definition) is 1. The topological polar surface area (TPSA) is 55.8 Å². The highest BCUT2D eigenvalue weighted by Gasteiger charge is 2.17. The van der Waals surface area contributed by atoms with E-state index in [4.69, 9.17) is 14.6 Å². The number of benzene rings is 2. The summed E-state index contributed by atoms with van der Waals surface area (Å²) in [7, 11) is 1.65. The van der Waals surface area contributed by atoms with Crippen LogP contribution in [0.25, 0.3) is 10.8 Å². The molecule has 0 bridgehead atoms. The van der Waals surface area contributed by atoms with Crippen LogP contribution in [0, 0.1) is 0 Å². The van der Waals surface area contributed by atoms with E-state index in [9.17, 15) is 4.79 Å². The van der Waals surface area contributed by atoms with Crippen molar-refractivity contribution < 1.29 is 19.4 Å². The molecule has 1 atom stereocenters. The number of rotatable bonds is 9. The van der Waals surface area contributed by atoms with Crippen LogP contribution < -0.4 is 4.74 Å². The van der Waals surface area contributed by atoms with Gasteiger partial charge in [-0.05, 0) is 54.7 Å². The number of ether oxygens (including phenoxy) is 2. The predicted molar refractivity (Wildman–Crippen MR) is 95.4 cm³/mol. The molecular weight excluding hydrogens is 304 g/mol. The van der Waals surface area contributed by atoms with Crippen LogP contribution in [0.4, 0.5) is 0 Å². The number of aliphatic hydroxyl groups is 1. The molecule has 0 heterocycles. The summed E-state index contributed by atoms with van der Waals surface area (Å²) in [5, 5.41) is 10.9. The highest BCUT2D eigenvalue weighted by atomic mass is 16.5. The van der Waals surface area contributed by atoms with E-state index >= 15 is 0 Å². The molecule has 24 heavy (non-hydrogen) atoms. The molecule has 0 radical (unpaired) electrons. The lowest BCUT2D eigenvalue weighted by Gasteiger charge is -2.13. The van der Waals surface area contributed by atoms with Crippen molar-refractivity contribution in [2.24, 2.45) is 0 Å². The Kier molecular flexibility index (Phi) is 7.07. The molecule has 2 rings (SSSR count). The quantitative estimate of drug-likeness (QED) is 0.557. The van der Waals surface area contributed by atoms with E-state index in [0.29, 0.717) is 6.61 Å². The van der Waals surface area contributed by atoms with E-state index in [2.05, 4.69) is 0 Å². The van der Waals surface area contributed by atoms with Gasteiger partial charge in [-0.15, -0.1) is 0 Å². The van der Waals surface area contributed by atoms with Gasteiger partial charge in [0.15, 0.2) is 0 Å². The first-order valence-corrected chi connectivity index (χ1v) is 8.51. The minimum atomic E-state index is -0.283. The van der Waals surface area contributed by atoms with Crippen molar-refractivity contribution in [1.29, 1.82) is 0 Å². The molecule has 2 aromatic carbocycles. The lowest BCUT2D eigenvalue weighted by atomic mass is 9.98. The number of esters is 1. The van der Waals surface area contributed by atoms with Crippen molar-refractivity contribution in [2.75, 3.05) is 20.3 Å². The maximum atomic E-state index is 12.2. The second-order valence-electron chi connectivity index (χ2n) is 6.00. The van der Waals surface area contributed by atoms with Gasteiger partial charge < -0.3 is 14.6 Å². The number of unbranched alkanes of at least 4 members (excludes halogenated alkanes) is 3. The summed E-state index contributed by atoms with van der Waals surface area (Å²) >= 11 is 0. The van der Waals surface area contributed by atoms with Crippen molar-refractivity contribution in [3.8, 4) is 5.75 Å². The van der Waals surface area contributed by atoms with Gasteiger partial charge >= 0.3 is 5.97 Å². The minimum absolute atomic E-state index is 0.190. The van der Waals surface area contributed by atoms with Gasteiger partial charge in [0, 0.05) is 6.61 Å². The molecule has 0 fully saturated rings. The summed E-state index contributed by atoms with van der Waals surface area (Å²) in [6.45, 7) is 2.54. The molecule has 0 saturated carbocycles. The van der Waals surface area contributed by atoms with Crippen LogP contribution in [0.3, 0.4) is 0 Å². The molecule has 130 valence electrons. The summed E-state index contributed by atoms with van der Waals surface area (Å²) in [6.07, 6.45) is 3.60. The number of aliphatic hydroxyl groups excluding tert-OH is 1. The number of carbonyl (C=O) groups excluding carboxylic acids is 1. The summed E-state index contributed by atoms with van der Waals surface area (Å²) in [6, 6.07) is 11.9. The Morgan fingerprint density at radius 3 is 2.50 bits per heavy atom. The third kappa shape index (κ3) is 4.96. The fraction of sp³-hybridized carbons (Fsp3) is 0.450. The summed E-state index contributed by atoms with van der Waals surface area (Å²) in [5.41, 5.74) is 0.956. The van der Waals surface area contributed by atoms with Crippen LogP contribution in [0.15, 0.2) is 36.4 Å². The molecule has 0 aliphatic rings. The van der Waals surface area contributed by atoms with E-state index in [1.54, 1.807) is 7.11 Å². The van der Waals surface area contributed by atoms with Crippen LogP contribution in [0.5, 0.6) is 5.75 Å². The smallest absolute Gasteiger partial charge is 0.313 e. The fourth-order valence-corrected chi connectivity index (χ4v) is 2.64. The zero-order valence-electron chi connectivity index (χ0n) is 14.5. The standard InChI is InChI=1S/C20H26O4/c1-15(20(22)24-12-6-4-3-5-11-21)16-7-8-18-14-19(23-2)10-9-17(18)13-16/h7-10,13-15,21H,3-6,11-12H2,1-2H3/t15-/m0/s1. The first-order chi connectivity index (χ1) is 11.7. The molecule has 0 unspecified atom stereocenters. The third-order valence-corrected chi connectivity index (χ3v) is 4.22. The molecule has 0 spiro atoms. The van der Waals surface area contributed by atoms with Gasteiger partial charge in [-0.1, -0.05) is 30.7 Å². The first kappa shape index (κ1) is 18.3. The van der Waals surface area contributed by atoms with Crippen LogP contribution in [-0.2, 0) is 9.53 Å².